The Morgan fingerprint density at radius 3 is 2.59 bits per heavy atom. The number of methoxy groups -OCH3 is 2. The van der Waals surface area contributed by atoms with E-state index in [9.17, 15) is 13.6 Å². The van der Waals surface area contributed by atoms with E-state index in [1.807, 2.05) is 0 Å². The smallest absolute Gasteiger partial charge is 0.344 e. The van der Waals surface area contributed by atoms with Crippen molar-refractivity contribution in [1.29, 1.82) is 5.26 Å². The summed E-state index contributed by atoms with van der Waals surface area (Å²) in [5, 5.41) is 8.84. The van der Waals surface area contributed by atoms with Crippen LogP contribution in [0.3, 0.4) is 0 Å². The number of halogens is 2. The van der Waals surface area contributed by atoms with Gasteiger partial charge in [0.15, 0.2) is 0 Å². The highest BCUT2D eigenvalue weighted by molar-refractivity contribution is 5.95. The summed E-state index contributed by atoms with van der Waals surface area (Å²) in [4.78, 5) is 15.0. The summed E-state index contributed by atoms with van der Waals surface area (Å²) < 4.78 is 34.4. The fourth-order valence-electron chi connectivity index (χ4n) is 1.24. The number of carbonyl (C=O) groups is 1. The molecule has 0 bridgehead atoms. The quantitative estimate of drug-likeness (QED) is 0.754. The Bertz CT molecular complexity index is 483. The summed E-state index contributed by atoms with van der Waals surface area (Å²) in [5.74, 6) is -1.17. The standard InChI is InChI=1S/C10H8F2N2O3/c1-16-9-7(10(15)17-2)5(3-13)6(4-14-9)8(11)12/h4,8H,1-2H3. The number of hydrogen-bond acceptors (Lipinski definition) is 5. The molecular formula is C10H8F2N2O3. The van der Waals surface area contributed by atoms with E-state index < -0.39 is 29.1 Å². The molecule has 17 heavy (non-hydrogen) atoms. The summed E-state index contributed by atoms with van der Waals surface area (Å²) in [6.07, 6.45) is -2.11. The topological polar surface area (TPSA) is 72.2 Å². The van der Waals surface area contributed by atoms with Gasteiger partial charge in [-0.25, -0.2) is 18.6 Å². The van der Waals surface area contributed by atoms with Gasteiger partial charge in [0.05, 0.1) is 25.3 Å². The molecule has 0 aliphatic carbocycles. The highest BCUT2D eigenvalue weighted by atomic mass is 19.3. The summed E-state index contributed by atoms with van der Waals surface area (Å²) in [6.45, 7) is 0. The lowest BCUT2D eigenvalue weighted by Crippen LogP contribution is -2.10. The number of pyridine rings is 1. The van der Waals surface area contributed by atoms with Crippen LogP contribution in [0.2, 0.25) is 0 Å². The molecule has 0 unspecified atom stereocenters. The van der Waals surface area contributed by atoms with Crippen molar-refractivity contribution in [3.8, 4) is 11.9 Å². The van der Waals surface area contributed by atoms with Crippen LogP contribution in [0.15, 0.2) is 6.20 Å². The second kappa shape index (κ2) is 5.21. The number of aromatic nitrogens is 1. The molecule has 5 nitrogen and oxygen atoms in total. The van der Waals surface area contributed by atoms with E-state index in [2.05, 4.69) is 9.72 Å². The monoisotopic (exact) mass is 242 g/mol. The number of nitrogens with zero attached hydrogens (tertiary/aromatic N) is 2. The maximum atomic E-state index is 12.6. The number of ether oxygens (including phenoxy) is 2. The predicted octanol–water partition coefficient (Wildman–Crippen LogP) is 1.69. The van der Waals surface area contributed by atoms with Crippen LogP contribution >= 0.6 is 0 Å². The number of nitriles is 1. The van der Waals surface area contributed by atoms with Crippen molar-refractivity contribution < 1.29 is 23.0 Å². The van der Waals surface area contributed by atoms with Gasteiger partial charge < -0.3 is 9.47 Å². The van der Waals surface area contributed by atoms with E-state index in [1.165, 1.54) is 13.2 Å². The van der Waals surface area contributed by atoms with Crippen molar-refractivity contribution in [2.75, 3.05) is 14.2 Å². The summed E-state index contributed by atoms with van der Waals surface area (Å²) in [5.41, 5.74) is -1.51. The van der Waals surface area contributed by atoms with Gasteiger partial charge >= 0.3 is 5.97 Å². The van der Waals surface area contributed by atoms with Gasteiger partial charge in [0.25, 0.3) is 6.43 Å². The van der Waals surface area contributed by atoms with Crippen molar-refractivity contribution >= 4 is 5.97 Å². The predicted molar refractivity (Wildman–Crippen MR) is 51.8 cm³/mol. The van der Waals surface area contributed by atoms with Crippen molar-refractivity contribution in [2.45, 2.75) is 6.43 Å². The largest absolute Gasteiger partial charge is 0.480 e. The molecule has 0 saturated carbocycles. The Morgan fingerprint density at radius 2 is 2.18 bits per heavy atom. The Hall–Kier alpha value is -2.23. The Morgan fingerprint density at radius 1 is 1.53 bits per heavy atom. The number of hydrogen-bond donors (Lipinski definition) is 0. The zero-order valence-electron chi connectivity index (χ0n) is 9.03. The second-order valence-corrected chi connectivity index (χ2v) is 2.88. The molecule has 1 heterocycles. The van der Waals surface area contributed by atoms with Gasteiger partial charge in [0, 0.05) is 6.20 Å². The van der Waals surface area contributed by atoms with Gasteiger partial charge in [0.1, 0.15) is 11.6 Å². The van der Waals surface area contributed by atoms with Crippen molar-refractivity contribution in [3.05, 3.63) is 22.9 Å². The van der Waals surface area contributed by atoms with E-state index >= 15 is 0 Å². The van der Waals surface area contributed by atoms with E-state index in [0.29, 0.717) is 0 Å². The lowest BCUT2D eigenvalue weighted by molar-refractivity contribution is 0.0595. The molecule has 90 valence electrons. The summed E-state index contributed by atoms with van der Waals surface area (Å²) >= 11 is 0. The number of rotatable bonds is 3. The fraction of sp³-hybridized carbons (Fsp3) is 0.300. The molecule has 0 fully saturated rings. The lowest BCUT2D eigenvalue weighted by atomic mass is 10.1. The van der Waals surface area contributed by atoms with Crippen LogP contribution in [0.5, 0.6) is 5.88 Å². The molecule has 0 aliphatic rings. The molecule has 0 spiro atoms. The molecular weight excluding hydrogens is 234 g/mol. The lowest BCUT2D eigenvalue weighted by Gasteiger charge is -2.10. The third-order valence-corrected chi connectivity index (χ3v) is 2.00. The van der Waals surface area contributed by atoms with Crippen LogP contribution < -0.4 is 4.74 Å². The third-order valence-electron chi connectivity index (χ3n) is 2.00. The van der Waals surface area contributed by atoms with Crippen molar-refractivity contribution in [1.82, 2.24) is 4.98 Å². The van der Waals surface area contributed by atoms with Gasteiger partial charge in [-0.2, -0.15) is 5.26 Å². The van der Waals surface area contributed by atoms with Crippen LogP contribution in [-0.2, 0) is 4.74 Å². The van der Waals surface area contributed by atoms with Gasteiger partial charge in [-0.1, -0.05) is 0 Å². The maximum absolute atomic E-state index is 12.6. The minimum atomic E-state index is -2.91. The van der Waals surface area contributed by atoms with Gasteiger partial charge in [-0.3, -0.25) is 0 Å². The molecule has 0 saturated heterocycles. The minimum Gasteiger partial charge on any atom is -0.480 e. The van der Waals surface area contributed by atoms with E-state index in [0.717, 1.165) is 13.3 Å². The number of esters is 1. The molecule has 0 aromatic carbocycles. The Balaban J connectivity index is 3.56. The summed E-state index contributed by atoms with van der Waals surface area (Å²) in [6, 6.07) is 1.53. The van der Waals surface area contributed by atoms with Gasteiger partial charge in [-0.05, 0) is 0 Å². The molecule has 1 aromatic heterocycles. The van der Waals surface area contributed by atoms with Gasteiger partial charge in [0.2, 0.25) is 5.88 Å². The van der Waals surface area contributed by atoms with Crippen LogP contribution in [0.4, 0.5) is 8.78 Å². The maximum Gasteiger partial charge on any atom is 0.344 e. The summed E-state index contributed by atoms with van der Waals surface area (Å²) in [7, 11) is 2.27. The first-order valence-electron chi connectivity index (χ1n) is 4.40. The average molecular weight is 242 g/mol. The highest BCUT2D eigenvalue weighted by Crippen LogP contribution is 2.29. The average Bonchev–Trinajstić information content (AvgIpc) is 2.35. The highest BCUT2D eigenvalue weighted by Gasteiger charge is 2.26. The molecule has 0 aliphatic heterocycles. The molecule has 0 amide bonds. The van der Waals surface area contributed by atoms with Crippen LogP contribution in [0.25, 0.3) is 0 Å². The molecule has 0 atom stereocenters. The SMILES string of the molecule is COC(=O)c1c(OC)ncc(C(F)F)c1C#N. The fourth-order valence-corrected chi connectivity index (χ4v) is 1.24. The second-order valence-electron chi connectivity index (χ2n) is 2.88. The normalized spacial score (nSPS) is 9.88. The first-order valence-corrected chi connectivity index (χ1v) is 4.40. The van der Waals surface area contributed by atoms with Crippen LogP contribution in [0.1, 0.15) is 27.9 Å². The van der Waals surface area contributed by atoms with E-state index in [4.69, 9.17) is 10.00 Å². The molecule has 0 radical (unpaired) electrons. The zero-order chi connectivity index (χ0) is 13.0. The van der Waals surface area contributed by atoms with Crippen LogP contribution in [0, 0.1) is 11.3 Å². The Kier molecular flexibility index (Phi) is 3.93. The first-order chi connectivity index (χ1) is 8.06. The number of carbonyl (C=O) groups excluding carboxylic acids is 1. The van der Waals surface area contributed by atoms with Crippen molar-refractivity contribution in [3.63, 3.8) is 0 Å². The van der Waals surface area contributed by atoms with E-state index in [-0.39, 0.29) is 5.88 Å². The van der Waals surface area contributed by atoms with Crippen LogP contribution in [-0.4, -0.2) is 25.2 Å². The molecule has 1 rings (SSSR count). The van der Waals surface area contributed by atoms with Gasteiger partial charge in [-0.15, -0.1) is 0 Å². The minimum absolute atomic E-state index is 0.224. The zero-order valence-corrected chi connectivity index (χ0v) is 9.03. The number of alkyl halides is 2. The van der Waals surface area contributed by atoms with Crippen molar-refractivity contribution in [2.24, 2.45) is 0 Å². The Labute approximate surface area is 95.6 Å². The first kappa shape index (κ1) is 12.8. The molecule has 0 N–H and O–H groups in total. The molecule has 7 heteroatoms. The van der Waals surface area contributed by atoms with E-state index in [1.54, 1.807) is 0 Å². The third kappa shape index (κ3) is 2.30. The molecule has 1 aromatic rings.